The number of nitrogens with one attached hydrogen (secondary N) is 2. The van der Waals surface area contributed by atoms with Gasteiger partial charge in [-0.05, 0) is 12.1 Å². The number of halogens is 1. The number of aliphatic hydroxyl groups is 1. The first-order valence-corrected chi connectivity index (χ1v) is 6.66. The second-order valence-electron chi connectivity index (χ2n) is 3.51. The number of alkyl halides is 1. The van der Waals surface area contributed by atoms with Crippen LogP contribution in [0.15, 0.2) is 30.3 Å². The number of rotatable bonds is 5. The molecule has 2 amide bonds. The van der Waals surface area contributed by atoms with Crippen LogP contribution in [0.5, 0.6) is 0 Å². The highest BCUT2D eigenvalue weighted by Gasteiger charge is 2.27. The highest BCUT2D eigenvalue weighted by molar-refractivity contribution is 14.1. The summed E-state index contributed by atoms with van der Waals surface area (Å²) in [5.41, 5.74) is 1.79. The second kappa shape index (κ2) is 7.29. The van der Waals surface area contributed by atoms with E-state index in [1.54, 1.807) is 30.3 Å². The Balaban J connectivity index is 2.78. The molecule has 0 bridgehead atoms. The lowest BCUT2D eigenvalue weighted by molar-refractivity contribution is -0.133. The molecule has 0 saturated carbocycles. The molecule has 1 aromatic rings. The molecule has 2 atom stereocenters. The van der Waals surface area contributed by atoms with Crippen molar-refractivity contribution in [1.29, 1.82) is 0 Å². The first-order valence-electron chi connectivity index (χ1n) is 5.14. The Morgan fingerprint density at radius 2 is 1.89 bits per heavy atom. The number of carbonyl (C=O) groups excluding carboxylic acids is 2. The molecule has 4 N–H and O–H groups in total. The fourth-order valence-corrected chi connectivity index (χ4v) is 1.82. The smallest absolute Gasteiger partial charge is 0.268 e. The van der Waals surface area contributed by atoms with Crippen LogP contribution in [-0.4, -0.2) is 38.7 Å². The number of aliphatic hydroxyl groups excluding tert-OH is 1. The number of hydroxylamine groups is 1. The van der Waals surface area contributed by atoms with Crippen LogP contribution in [-0.2, 0) is 4.79 Å². The molecule has 0 heterocycles. The van der Waals surface area contributed by atoms with Crippen LogP contribution in [0.3, 0.4) is 0 Å². The zero-order valence-electron chi connectivity index (χ0n) is 9.34. The van der Waals surface area contributed by atoms with Crippen LogP contribution in [0.1, 0.15) is 10.4 Å². The van der Waals surface area contributed by atoms with E-state index in [1.165, 1.54) is 5.48 Å². The molecule has 0 aliphatic rings. The number of carbonyl (C=O) groups is 2. The van der Waals surface area contributed by atoms with Crippen molar-refractivity contribution < 1.29 is 19.9 Å². The Kier molecular flexibility index (Phi) is 6.02. The quantitative estimate of drug-likeness (QED) is 0.258. The molecular weight excluding hydrogens is 351 g/mol. The van der Waals surface area contributed by atoms with Crippen molar-refractivity contribution >= 4 is 34.4 Å². The summed E-state index contributed by atoms with van der Waals surface area (Å²) in [6.07, 6.45) is -1.08. The Bertz CT molecular complexity index is 413. The summed E-state index contributed by atoms with van der Waals surface area (Å²) in [4.78, 5) is 23.1. The van der Waals surface area contributed by atoms with E-state index >= 15 is 0 Å². The minimum atomic E-state index is -1.19. The predicted octanol–water partition coefficient (Wildman–Crippen LogP) is 0.0863. The van der Waals surface area contributed by atoms with Crippen molar-refractivity contribution in [2.45, 2.75) is 12.1 Å². The Hall–Kier alpha value is -1.19. The maximum atomic E-state index is 11.8. The van der Waals surface area contributed by atoms with Gasteiger partial charge in [-0.1, -0.05) is 40.8 Å². The molecule has 0 fully saturated rings. The van der Waals surface area contributed by atoms with E-state index in [-0.39, 0.29) is 4.43 Å². The summed E-state index contributed by atoms with van der Waals surface area (Å²) >= 11 is 1.88. The molecule has 7 heteroatoms. The summed E-state index contributed by atoms with van der Waals surface area (Å²) in [6.45, 7) is 0. The summed E-state index contributed by atoms with van der Waals surface area (Å²) in [6, 6.07) is 7.10. The van der Waals surface area contributed by atoms with Crippen LogP contribution in [0.25, 0.3) is 0 Å². The van der Waals surface area contributed by atoms with Gasteiger partial charge in [-0.2, -0.15) is 0 Å². The maximum absolute atomic E-state index is 11.8. The molecule has 98 valence electrons. The molecule has 6 nitrogen and oxygen atoms in total. The summed E-state index contributed by atoms with van der Waals surface area (Å²) < 4.78 is 0.241. The van der Waals surface area contributed by atoms with Crippen molar-refractivity contribution in [3.8, 4) is 0 Å². The first kappa shape index (κ1) is 14.9. The van der Waals surface area contributed by atoms with E-state index in [0.717, 1.165) is 0 Å². The monoisotopic (exact) mass is 364 g/mol. The highest BCUT2D eigenvalue weighted by atomic mass is 127. The van der Waals surface area contributed by atoms with Gasteiger partial charge in [0.15, 0.2) is 0 Å². The largest absolute Gasteiger partial charge is 0.390 e. The second-order valence-corrected chi connectivity index (χ2v) is 4.40. The molecule has 1 aromatic carbocycles. The molecule has 0 aliphatic carbocycles. The van der Waals surface area contributed by atoms with Crippen molar-refractivity contribution in [3.63, 3.8) is 0 Å². The van der Waals surface area contributed by atoms with E-state index < -0.39 is 24.0 Å². The van der Waals surface area contributed by atoms with Crippen molar-refractivity contribution in [3.05, 3.63) is 35.9 Å². The van der Waals surface area contributed by atoms with Crippen molar-refractivity contribution in [1.82, 2.24) is 10.8 Å². The van der Waals surface area contributed by atoms with Gasteiger partial charge in [0, 0.05) is 9.99 Å². The zero-order valence-corrected chi connectivity index (χ0v) is 11.5. The fraction of sp³-hybridized carbons (Fsp3) is 0.273. The van der Waals surface area contributed by atoms with Crippen LogP contribution in [0, 0.1) is 0 Å². The average Bonchev–Trinajstić information content (AvgIpc) is 2.43. The molecule has 0 aromatic heterocycles. The normalized spacial score (nSPS) is 13.5. The van der Waals surface area contributed by atoms with E-state index in [9.17, 15) is 14.7 Å². The predicted molar refractivity (Wildman–Crippen MR) is 72.5 cm³/mol. The van der Waals surface area contributed by atoms with E-state index in [1.807, 2.05) is 22.6 Å². The van der Waals surface area contributed by atoms with Gasteiger partial charge in [-0.15, -0.1) is 0 Å². The zero-order chi connectivity index (χ0) is 13.5. The van der Waals surface area contributed by atoms with Gasteiger partial charge < -0.3 is 10.4 Å². The third-order valence-corrected chi connectivity index (χ3v) is 3.16. The lowest BCUT2D eigenvalue weighted by atomic mass is 10.1. The Morgan fingerprint density at radius 3 is 2.39 bits per heavy atom. The number of hydrogen-bond acceptors (Lipinski definition) is 4. The van der Waals surface area contributed by atoms with Gasteiger partial charge >= 0.3 is 0 Å². The molecule has 0 spiro atoms. The topological polar surface area (TPSA) is 98.7 Å². The number of benzene rings is 1. The number of amides is 2. The summed E-state index contributed by atoms with van der Waals surface area (Å²) in [5.74, 6) is -1.35. The molecule has 1 rings (SSSR count). The third kappa shape index (κ3) is 3.93. The van der Waals surface area contributed by atoms with Gasteiger partial charge in [0.25, 0.3) is 11.8 Å². The van der Waals surface area contributed by atoms with E-state index in [0.29, 0.717) is 5.56 Å². The lowest BCUT2D eigenvalue weighted by Gasteiger charge is -2.20. The molecule has 0 aliphatic heterocycles. The van der Waals surface area contributed by atoms with Crippen LogP contribution in [0.2, 0.25) is 0 Å². The average molecular weight is 364 g/mol. The standard InChI is InChI=1S/C11H13IN2O4/c12-6-8(15)9(11(17)14-18)13-10(16)7-4-2-1-3-5-7/h1-5,8-9,15,18H,6H2,(H,13,16)(H,14,17)/t8-,9+/m1/s1. The van der Waals surface area contributed by atoms with Gasteiger partial charge in [-0.3, -0.25) is 14.8 Å². The molecule has 0 unspecified atom stereocenters. The van der Waals surface area contributed by atoms with Gasteiger partial charge in [0.1, 0.15) is 6.04 Å². The van der Waals surface area contributed by atoms with Gasteiger partial charge in [-0.25, -0.2) is 5.48 Å². The SMILES string of the molecule is O=C(N[C@H](C(=O)NO)[C@H](O)CI)c1ccccc1. The minimum Gasteiger partial charge on any atom is -0.390 e. The maximum Gasteiger partial charge on any atom is 0.268 e. The van der Waals surface area contributed by atoms with Gasteiger partial charge in [0.2, 0.25) is 0 Å². The number of hydrogen-bond donors (Lipinski definition) is 4. The van der Waals surface area contributed by atoms with Crippen LogP contribution in [0.4, 0.5) is 0 Å². The fourth-order valence-electron chi connectivity index (χ4n) is 1.31. The van der Waals surface area contributed by atoms with Crippen molar-refractivity contribution in [2.75, 3.05) is 4.43 Å². The van der Waals surface area contributed by atoms with Gasteiger partial charge in [0.05, 0.1) is 6.10 Å². The van der Waals surface area contributed by atoms with E-state index in [2.05, 4.69) is 5.32 Å². The van der Waals surface area contributed by atoms with Crippen LogP contribution < -0.4 is 10.8 Å². The molecular formula is C11H13IN2O4. The molecule has 0 saturated heterocycles. The summed E-state index contributed by atoms with van der Waals surface area (Å²) in [7, 11) is 0. The summed E-state index contributed by atoms with van der Waals surface area (Å²) in [5, 5.41) is 20.6. The lowest BCUT2D eigenvalue weighted by Crippen LogP contribution is -2.53. The molecule has 18 heavy (non-hydrogen) atoms. The Labute approximate surface area is 117 Å². The first-order chi connectivity index (χ1) is 8.60. The van der Waals surface area contributed by atoms with E-state index in [4.69, 9.17) is 5.21 Å². The third-order valence-electron chi connectivity index (χ3n) is 2.26. The Morgan fingerprint density at radius 1 is 1.28 bits per heavy atom. The van der Waals surface area contributed by atoms with Crippen molar-refractivity contribution in [2.24, 2.45) is 0 Å². The minimum absolute atomic E-state index is 0.241. The molecule has 0 radical (unpaired) electrons. The van der Waals surface area contributed by atoms with Crippen LogP contribution >= 0.6 is 22.6 Å². The highest BCUT2D eigenvalue weighted by Crippen LogP contribution is 2.03.